The summed E-state index contributed by atoms with van der Waals surface area (Å²) in [4.78, 5) is 3.85. The lowest BCUT2D eigenvalue weighted by atomic mass is 10.6. The SMILES string of the molecule is C1=CN=CCOC=C1. The molecule has 0 aromatic rings. The number of allylic oxidation sites excluding steroid dienone is 2. The summed E-state index contributed by atoms with van der Waals surface area (Å²) in [7, 11) is 0. The quantitative estimate of drug-likeness (QED) is 0.456. The van der Waals surface area contributed by atoms with Crippen molar-refractivity contribution in [2.75, 3.05) is 6.61 Å². The molecule has 0 amide bonds. The van der Waals surface area contributed by atoms with Gasteiger partial charge in [0.05, 0.1) is 6.26 Å². The molecule has 2 nitrogen and oxygen atoms in total. The second-order valence-corrected chi connectivity index (χ2v) is 1.34. The topological polar surface area (TPSA) is 21.6 Å². The van der Waals surface area contributed by atoms with Gasteiger partial charge in [0.25, 0.3) is 0 Å². The first-order valence-corrected chi connectivity index (χ1v) is 2.45. The zero-order valence-corrected chi connectivity index (χ0v) is 4.45. The second-order valence-electron chi connectivity index (χ2n) is 1.34. The molecular weight excluding hydrogens is 102 g/mol. The van der Waals surface area contributed by atoms with Gasteiger partial charge in [-0.2, -0.15) is 0 Å². The van der Waals surface area contributed by atoms with E-state index in [9.17, 15) is 0 Å². The molecule has 0 saturated carbocycles. The van der Waals surface area contributed by atoms with Crippen molar-refractivity contribution in [1.82, 2.24) is 0 Å². The van der Waals surface area contributed by atoms with E-state index in [4.69, 9.17) is 4.74 Å². The van der Waals surface area contributed by atoms with Crippen molar-refractivity contribution < 1.29 is 4.74 Å². The third-order valence-corrected chi connectivity index (χ3v) is 0.734. The molecule has 8 heavy (non-hydrogen) atoms. The van der Waals surface area contributed by atoms with Gasteiger partial charge in [-0.3, -0.25) is 4.99 Å². The van der Waals surface area contributed by atoms with Gasteiger partial charge >= 0.3 is 0 Å². The Kier molecular flexibility index (Phi) is 1.92. The van der Waals surface area contributed by atoms with Gasteiger partial charge in [-0.25, -0.2) is 0 Å². The van der Waals surface area contributed by atoms with Crippen molar-refractivity contribution in [3.8, 4) is 0 Å². The summed E-state index contributed by atoms with van der Waals surface area (Å²) in [6, 6.07) is 0. The number of hydrogen-bond acceptors (Lipinski definition) is 2. The molecule has 0 radical (unpaired) electrons. The molecule has 0 atom stereocenters. The van der Waals surface area contributed by atoms with Gasteiger partial charge < -0.3 is 4.74 Å². The molecule has 0 unspecified atom stereocenters. The average Bonchev–Trinajstić information content (AvgIpc) is 1.62. The van der Waals surface area contributed by atoms with E-state index in [1.165, 1.54) is 0 Å². The Morgan fingerprint density at radius 2 is 2.38 bits per heavy atom. The Morgan fingerprint density at radius 1 is 1.38 bits per heavy atom. The number of ether oxygens (including phenoxy) is 1. The van der Waals surface area contributed by atoms with Crippen molar-refractivity contribution in [2.45, 2.75) is 0 Å². The number of hydrogen-bond donors (Lipinski definition) is 0. The van der Waals surface area contributed by atoms with E-state index in [2.05, 4.69) is 4.99 Å². The monoisotopic (exact) mass is 109 g/mol. The average molecular weight is 109 g/mol. The van der Waals surface area contributed by atoms with Crippen LogP contribution in [0.3, 0.4) is 0 Å². The van der Waals surface area contributed by atoms with Crippen LogP contribution in [-0.2, 0) is 4.74 Å². The van der Waals surface area contributed by atoms with E-state index < -0.39 is 0 Å². The lowest BCUT2D eigenvalue weighted by molar-refractivity contribution is 0.305. The fourth-order valence-corrected chi connectivity index (χ4v) is 0.403. The summed E-state index contributed by atoms with van der Waals surface area (Å²) in [5.41, 5.74) is 0. The Bertz CT molecular complexity index is 119. The fourth-order valence-electron chi connectivity index (χ4n) is 0.403. The van der Waals surface area contributed by atoms with Crippen molar-refractivity contribution in [2.24, 2.45) is 4.99 Å². The van der Waals surface area contributed by atoms with Crippen molar-refractivity contribution >= 4 is 6.21 Å². The van der Waals surface area contributed by atoms with E-state index in [0.29, 0.717) is 6.61 Å². The molecule has 0 aromatic heterocycles. The predicted molar refractivity (Wildman–Crippen MR) is 32.7 cm³/mol. The highest BCUT2D eigenvalue weighted by atomic mass is 16.5. The van der Waals surface area contributed by atoms with E-state index in [1.807, 2.05) is 6.08 Å². The largest absolute Gasteiger partial charge is 0.496 e. The molecule has 1 aliphatic heterocycles. The van der Waals surface area contributed by atoms with Gasteiger partial charge in [0.1, 0.15) is 6.61 Å². The highest BCUT2D eigenvalue weighted by Gasteiger charge is 1.74. The second kappa shape index (κ2) is 3.02. The van der Waals surface area contributed by atoms with Gasteiger partial charge in [-0.05, 0) is 12.2 Å². The standard InChI is InChI=1S/C6H7NO/c1-2-5-8-6-4-7-3-1/h1-5H,6H2. The Morgan fingerprint density at radius 3 is 3.38 bits per heavy atom. The molecule has 0 saturated heterocycles. The summed E-state index contributed by atoms with van der Waals surface area (Å²) in [6.07, 6.45) is 8.69. The molecule has 1 aliphatic rings. The molecule has 0 aliphatic carbocycles. The molecule has 1 heterocycles. The third-order valence-electron chi connectivity index (χ3n) is 0.734. The first-order valence-electron chi connectivity index (χ1n) is 2.45. The lowest BCUT2D eigenvalue weighted by Gasteiger charge is -1.92. The van der Waals surface area contributed by atoms with Gasteiger partial charge in [0, 0.05) is 12.4 Å². The highest BCUT2D eigenvalue weighted by molar-refractivity contribution is 5.59. The van der Waals surface area contributed by atoms with Gasteiger partial charge in [-0.15, -0.1) is 0 Å². The van der Waals surface area contributed by atoms with Crippen molar-refractivity contribution in [3.05, 3.63) is 24.6 Å². The molecule has 2 heteroatoms. The molecule has 0 N–H and O–H groups in total. The predicted octanol–water partition coefficient (Wildman–Crippen LogP) is 1.11. The van der Waals surface area contributed by atoms with Crippen LogP contribution in [0.4, 0.5) is 0 Å². The molecule has 0 bridgehead atoms. The van der Waals surface area contributed by atoms with Crippen LogP contribution in [0.5, 0.6) is 0 Å². The Labute approximate surface area is 48.2 Å². The molecule has 0 fully saturated rings. The molecular formula is C6H7NO. The summed E-state index contributed by atoms with van der Waals surface area (Å²) < 4.78 is 4.89. The van der Waals surface area contributed by atoms with Crippen molar-refractivity contribution in [1.29, 1.82) is 0 Å². The van der Waals surface area contributed by atoms with Crippen LogP contribution in [0.2, 0.25) is 0 Å². The molecule has 42 valence electrons. The maximum atomic E-state index is 4.89. The maximum absolute atomic E-state index is 4.89. The van der Waals surface area contributed by atoms with Crippen LogP contribution in [0, 0.1) is 0 Å². The van der Waals surface area contributed by atoms with Crippen LogP contribution >= 0.6 is 0 Å². The van der Waals surface area contributed by atoms with Crippen LogP contribution in [0.25, 0.3) is 0 Å². The Balaban J connectivity index is 2.51. The number of nitrogens with zero attached hydrogens (tertiary/aromatic N) is 1. The van der Waals surface area contributed by atoms with Gasteiger partial charge in [0.2, 0.25) is 0 Å². The number of aliphatic imine (C=N–C) groups is 1. The molecule has 1 rings (SSSR count). The van der Waals surface area contributed by atoms with Crippen LogP contribution in [-0.4, -0.2) is 12.8 Å². The highest BCUT2D eigenvalue weighted by Crippen LogP contribution is 1.83. The molecule has 0 spiro atoms. The Hall–Kier alpha value is -1.05. The van der Waals surface area contributed by atoms with Crippen molar-refractivity contribution in [3.63, 3.8) is 0 Å². The zero-order valence-electron chi connectivity index (χ0n) is 4.45. The molecule has 0 aromatic carbocycles. The minimum absolute atomic E-state index is 0.570. The van der Waals surface area contributed by atoms with Crippen LogP contribution in [0.15, 0.2) is 29.6 Å². The smallest absolute Gasteiger partial charge is 0.122 e. The summed E-state index contributed by atoms with van der Waals surface area (Å²) >= 11 is 0. The normalized spacial score (nSPS) is 17.0. The number of rotatable bonds is 0. The minimum atomic E-state index is 0.570. The summed E-state index contributed by atoms with van der Waals surface area (Å²) in [5.74, 6) is 0. The van der Waals surface area contributed by atoms with Gasteiger partial charge in [0.15, 0.2) is 0 Å². The first-order chi connectivity index (χ1) is 4.00. The van der Waals surface area contributed by atoms with E-state index >= 15 is 0 Å². The summed E-state index contributed by atoms with van der Waals surface area (Å²) in [6.45, 7) is 0.570. The van der Waals surface area contributed by atoms with E-state index in [0.717, 1.165) is 0 Å². The first kappa shape index (κ1) is 5.09. The van der Waals surface area contributed by atoms with Crippen LogP contribution < -0.4 is 0 Å². The van der Waals surface area contributed by atoms with E-state index in [1.54, 1.807) is 24.8 Å². The maximum Gasteiger partial charge on any atom is 0.122 e. The lowest BCUT2D eigenvalue weighted by Crippen LogP contribution is -1.87. The minimum Gasteiger partial charge on any atom is -0.496 e. The zero-order chi connectivity index (χ0) is 5.66. The van der Waals surface area contributed by atoms with E-state index in [-0.39, 0.29) is 0 Å². The summed E-state index contributed by atoms with van der Waals surface area (Å²) in [5, 5.41) is 0. The van der Waals surface area contributed by atoms with Crippen LogP contribution in [0.1, 0.15) is 0 Å². The third kappa shape index (κ3) is 1.60. The fraction of sp³-hybridized carbons (Fsp3) is 0.167. The van der Waals surface area contributed by atoms with Gasteiger partial charge in [-0.1, -0.05) is 0 Å².